The molecule has 3 aliphatic rings. The Morgan fingerprint density at radius 3 is 2.74 bits per heavy atom. The van der Waals surface area contributed by atoms with E-state index in [4.69, 9.17) is 4.74 Å². The van der Waals surface area contributed by atoms with Gasteiger partial charge in [0.1, 0.15) is 5.60 Å². The number of halogens is 1. The summed E-state index contributed by atoms with van der Waals surface area (Å²) in [5, 5.41) is 0. The van der Waals surface area contributed by atoms with Crippen LogP contribution in [0.5, 0.6) is 0 Å². The fourth-order valence-corrected chi connectivity index (χ4v) is 4.72. The van der Waals surface area contributed by atoms with Crippen molar-refractivity contribution in [2.24, 2.45) is 5.92 Å². The van der Waals surface area contributed by atoms with Gasteiger partial charge < -0.3 is 4.74 Å². The number of ketones is 1. The summed E-state index contributed by atoms with van der Waals surface area (Å²) in [4.78, 5) is 26.9. The number of amides is 1. The van der Waals surface area contributed by atoms with Gasteiger partial charge in [0.25, 0.3) is 0 Å². The van der Waals surface area contributed by atoms with Crippen molar-refractivity contribution in [3.8, 4) is 0 Å². The number of carbonyl (C=O) groups excluding carboxylic acids is 2. The molecule has 1 aromatic carbocycles. The molecule has 2 atom stereocenters. The van der Waals surface area contributed by atoms with Crippen molar-refractivity contribution in [2.75, 3.05) is 6.54 Å². The van der Waals surface area contributed by atoms with E-state index in [2.05, 4.69) is 15.9 Å². The molecule has 0 N–H and O–H groups in total. The van der Waals surface area contributed by atoms with Crippen LogP contribution in [0.25, 0.3) is 0 Å². The number of rotatable bonds is 0. The topological polar surface area (TPSA) is 46.6 Å². The minimum absolute atomic E-state index is 0.0534. The van der Waals surface area contributed by atoms with Crippen molar-refractivity contribution in [3.05, 3.63) is 45.6 Å². The Morgan fingerprint density at radius 2 is 2.04 bits per heavy atom. The first kappa shape index (κ1) is 14.9. The normalized spacial score (nSPS) is 28.3. The van der Waals surface area contributed by atoms with Gasteiger partial charge in [-0.05, 0) is 54.6 Å². The molecular weight excluding hydrogens is 358 g/mol. The minimum atomic E-state index is -0.555. The van der Waals surface area contributed by atoms with Crippen molar-refractivity contribution in [2.45, 2.75) is 38.2 Å². The van der Waals surface area contributed by atoms with E-state index < -0.39 is 5.60 Å². The highest BCUT2D eigenvalue weighted by Crippen LogP contribution is 2.68. The first-order chi connectivity index (χ1) is 10.8. The number of fused-ring (bicyclic) bond motifs is 1. The zero-order valence-electron chi connectivity index (χ0n) is 13.4. The van der Waals surface area contributed by atoms with Crippen LogP contribution in [0.1, 0.15) is 43.1 Å². The summed E-state index contributed by atoms with van der Waals surface area (Å²) >= 11 is 3.46. The van der Waals surface area contributed by atoms with E-state index in [9.17, 15) is 9.59 Å². The van der Waals surface area contributed by atoms with Crippen molar-refractivity contribution in [3.63, 3.8) is 0 Å². The first-order valence-electron chi connectivity index (χ1n) is 7.80. The average Bonchev–Trinajstić information content (AvgIpc) is 3.08. The van der Waals surface area contributed by atoms with E-state index in [-0.39, 0.29) is 17.3 Å². The van der Waals surface area contributed by atoms with Crippen LogP contribution in [0.3, 0.4) is 0 Å². The summed E-state index contributed by atoms with van der Waals surface area (Å²) in [7, 11) is 0. The number of likely N-dealkylation sites (tertiary alicyclic amines) is 1. The first-order valence-corrected chi connectivity index (χ1v) is 8.60. The van der Waals surface area contributed by atoms with Crippen LogP contribution in [0.15, 0.2) is 34.4 Å². The van der Waals surface area contributed by atoms with E-state index in [0.717, 1.165) is 23.2 Å². The molecule has 4 rings (SSSR count). The fourth-order valence-electron chi connectivity index (χ4n) is 3.94. The number of ether oxygens (including phenoxy) is 1. The maximum Gasteiger partial charge on any atom is 0.414 e. The Kier molecular flexibility index (Phi) is 2.90. The molecule has 1 amide bonds. The molecule has 1 aromatic rings. The third-order valence-electron chi connectivity index (χ3n) is 4.87. The highest BCUT2D eigenvalue weighted by molar-refractivity contribution is 9.12. The van der Waals surface area contributed by atoms with E-state index in [1.165, 1.54) is 0 Å². The minimum Gasteiger partial charge on any atom is -0.443 e. The van der Waals surface area contributed by atoms with Crippen LogP contribution in [-0.4, -0.2) is 28.9 Å². The number of allylic oxidation sites excluding steroid dienone is 2. The molecule has 1 spiro atoms. The van der Waals surface area contributed by atoms with Gasteiger partial charge in [-0.1, -0.05) is 24.3 Å². The van der Waals surface area contributed by atoms with Gasteiger partial charge in [0, 0.05) is 17.5 Å². The summed E-state index contributed by atoms with van der Waals surface area (Å²) in [6.07, 6.45) is 0.615. The molecule has 120 valence electrons. The van der Waals surface area contributed by atoms with Gasteiger partial charge in [0.15, 0.2) is 0 Å². The third kappa shape index (κ3) is 1.95. The summed E-state index contributed by atoms with van der Waals surface area (Å²) in [5.74, 6) is 0.314. The predicted octanol–water partition coefficient (Wildman–Crippen LogP) is 4.00. The second-order valence-electron chi connectivity index (χ2n) is 7.50. The molecule has 0 unspecified atom stereocenters. The SMILES string of the molecule is CC(C)(C)OC(=O)N1C[C@@H]2C[C@]23C1=C(Br)C(=O)c1ccccc13. The van der Waals surface area contributed by atoms with Crippen LogP contribution >= 0.6 is 15.9 Å². The Bertz CT molecular complexity index is 777. The second kappa shape index (κ2) is 4.47. The molecule has 2 aliphatic carbocycles. The standard InChI is InChI=1S/C18H18BrNO3/c1-17(2,3)23-16(22)20-9-10-8-18(10)12-7-5-4-6-11(12)14(21)13(19)15(18)20/h4-7,10H,8-9H2,1-3H3/t10-,18-/m0/s1. The summed E-state index contributed by atoms with van der Waals surface area (Å²) in [5.41, 5.74) is 1.84. The molecule has 0 radical (unpaired) electrons. The number of nitrogens with zero attached hydrogens (tertiary/aromatic N) is 1. The molecule has 2 fully saturated rings. The van der Waals surface area contributed by atoms with Crippen LogP contribution in [-0.2, 0) is 10.2 Å². The Balaban J connectivity index is 1.80. The Hall–Kier alpha value is -1.62. The number of carbonyl (C=O) groups is 2. The van der Waals surface area contributed by atoms with Gasteiger partial charge >= 0.3 is 6.09 Å². The molecule has 1 saturated carbocycles. The van der Waals surface area contributed by atoms with Crippen LogP contribution in [0, 0.1) is 5.92 Å². The van der Waals surface area contributed by atoms with Gasteiger partial charge in [0.2, 0.25) is 5.78 Å². The number of piperidine rings is 1. The van der Waals surface area contributed by atoms with E-state index in [1.807, 2.05) is 45.0 Å². The molecular formula is C18H18BrNO3. The van der Waals surface area contributed by atoms with Gasteiger partial charge in [-0.3, -0.25) is 9.69 Å². The monoisotopic (exact) mass is 375 g/mol. The Morgan fingerprint density at radius 1 is 1.35 bits per heavy atom. The highest BCUT2D eigenvalue weighted by Gasteiger charge is 2.68. The van der Waals surface area contributed by atoms with Crippen molar-refractivity contribution in [1.29, 1.82) is 0 Å². The smallest absolute Gasteiger partial charge is 0.414 e. The lowest BCUT2D eigenvalue weighted by Crippen LogP contribution is -2.38. The summed E-state index contributed by atoms with van der Waals surface area (Å²) in [6, 6.07) is 7.74. The molecule has 0 bridgehead atoms. The van der Waals surface area contributed by atoms with Crippen LogP contribution in [0.4, 0.5) is 4.79 Å². The summed E-state index contributed by atoms with van der Waals surface area (Å²) in [6.45, 7) is 6.16. The van der Waals surface area contributed by atoms with Crippen molar-refractivity contribution in [1.82, 2.24) is 4.90 Å². The second-order valence-corrected chi connectivity index (χ2v) is 8.29. The van der Waals surface area contributed by atoms with Crippen LogP contribution in [0.2, 0.25) is 0 Å². The maximum absolute atomic E-state index is 12.7. The van der Waals surface area contributed by atoms with Crippen molar-refractivity contribution >= 4 is 27.8 Å². The van der Waals surface area contributed by atoms with Gasteiger partial charge in [-0.15, -0.1) is 0 Å². The van der Waals surface area contributed by atoms with Crippen LogP contribution < -0.4 is 0 Å². The predicted molar refractivity (Wildman–Crippen MR) is 89.5 cm³/mol. The third-order valence-corrected chi connectivity index (χ3v) is 5.61. The van der Waals surface area contributed by atoms with Crippen molar-refractivity contribution < 1.29 is 14.3 Å². The van der Waals surface area contributed by atoms with E-state index in [0.29, 0.717) is 16.9 Å². The largest absolute Gasteiger partial charge is 0.443 e. The number of hydrogen-bond acceptors (Lipinski definition) is 3. The fraction of sp³-hybridized carbons (Fsp3) is 0.444. The van der Waals surface area contributed by atoms with E-state index in [1.54, 1.807) is 4.90 Å². The lowest BCUT2D eigenvalue weighted by atomic mass is 9.81. The molecule has 5 heteroatoms. The highest BCUT2D eigenvalue weighted by atomic mass is 79.9. The van der Waals surface area contributed by atoms with Gasteiger partial charge in [-0.2, -0.15) is 0 Å². The number of benzene rings is 1. The lowest BCUT2D eigenvalue weighted by Gasteiger charge is -2.32. The molecule has 23 heavy (non-hydrogen) atoms. The molecule has 1 aliphatic heterocycles. The van der Waals surface area contributed by atoms with E-state index >= 15 is 0 Å². The molecule has 1 saturated heterocycles. The maximum atomic E-state index is 12.7. The zero-order chi connectivity index (χ0) is 16.6. The quantitative estimate of drug-likeness (QED) is 0.688. The zero-order valence-corrected chi connectivity index (χ0v) is 14.9. The average molecular weight is 376 g/mol. The van der Waals surface area contributed by atoms with Gasteiger partial charge in [-0.25, -0.2) is 4.79 Å². The summed E-state index contributed by atoms with van der Waals surface area (Å²) < 4.78 is 6.03. The number of hydrogen-bond donors (Lipinski definition) is 0. The lowest BCUT2D eigenvalue weighted by molar-refractivity contribution is 0.0322. The molecule has 1 heterocycles. The number of Topliss-reactive ketones (excluding diaryl/α,β-unsaturated/α-hetero) is 1. The Labute approximate surface area is 143 Å². The molecule has 4 nitrogen and oxygen atoms in total. The van der Waals surface area contributed by atoms with Gasteiger partial charge in [0.05, 0.1) is 10.2 Å². The molecule has 0 aromatic heterocycles.